The fraction of sp³-hybridized carbons (Fsp3) is 0.368. The van der Waals surface area contributed by atoms with Crippen molar-refractivity contribution < 1.29 is 9.47 Å². The van der Waals surface area contributed by atoms with Gasteiger partial charge in [0, 0.05) is 19.0 Å². The van der Waals surface area contributed by atoms with Gasteiger partial charge in [-0.15, -0.1) is 12.4 Å². The van der Waals surface area contributed by atoms with Gasteiger partial charge < -0.3 is 14.4 Å². The molecule has 0 amide bonds. The smallest absolute Gasteiger partial charge is 0.161 e. The second-order valence-electron chi connectivity index (χ2n) is 5.88. The molecule has 1 fully saturated rings. The van der Waals surface area contributed by atoms with Crippen molar-refractivity contribution in [1.29, 1.82) is 0 Å². The number of benzene rings is 2. The van der Waals surface area contributed by atoms with Crippen LogP contribution in [0, 0.1) is 0 Å². The fourth-order valence-corrected chi connectivity index (χ4v) is 3.13. The van der Waals surface area contributed by atoms with Crippen LogP contribution in [0.2, 0.25) is 0 Å². The molecule has 3 rings (SSSR count). The van der Waals surface area contributed by atoms with E-state index in [1.54, 1.807) is 7.11 Å². The highest BCUT2D eigenvalue weighted by atomic mass is 35.5. The van der Waals surface area contributed by atoms with Crippen LogP contribution in [0.1, 0.15) is 17.9 Å². The molecular weight excluding hydrogens is 310 g/mol. The van der Waals surface area contributed by atoms with Gasteiger partial charge in [-0.25, -0.2) is 0 Å². The lowest BCUT2D eigenvalue weighted by Crippen LogP contribution is -2.42. The molecule has 23 heavy (non-hydrogen) atoms. The normalized spacial score (nSPS) is 21.3. The molecular formula is C19H24ClNO2. The first kappa shape index (κ1) is 17.6. The number of para-hydroxylation sites is 2. The standard InChI is InChI=1S/C19H23NO2.ClH/c1-20-13-12-17(16(14-20)15-8-4-3-5-9-15)22-19-11-7-6-10-18(19)21-2;/h3-11,16-17H,12-14H2,1-2H3;1H. The van der Waals surface area contributed by atoms with Gasteiger partial charge in [0.25, 0.3) is 0 Å². The minimum absolute atomic E-state index is 0. The summed E-state index contributed by atoms with van der Waals surface area (Å²) in [5.74, 6) is 2.01. The Labute approximate surface area is 144 Å². The molecule has 0 radical (unpaired) electrons. The molecule has 3 nitrogen and oxygen atoms in total. The van der Waals surface area contributed by atoms with E-state index in [1.165, 1.54) is 5.56 Å². The van der Waals surface area contributed by atoms with Gasteiger partial charge in [-0.1, -0.05) is 42.5 Å². The monoisotopic (exact) mass is 333 g/mol. The quantitative estimate of drug-likeness (QED) is 0.844. The maximum absolute atomic E-state index is 6.34. The van der Waals surface area contributed by atoms with Crippen LogP contribution in [0.3, 0.4) is 0 Å². The molecule has 2 atom stereocenters. The van der Waals surface area contributed by atoms with Gasteiger partial charge in [-0.3, -0.25) is 0 Å². The molecule has 0 aromatic heterocycles. The second kappa shape index (κ2) is 8.23. The van der Waals surface area contributed by atoms with E-state index in [-0.39, 0.29) is 18.5 Å². The van der Waals surface area contributed by atoms with Crippen LogP contribution in [-0.2, 0) is 0 Å². The van der Waals surface area contributed by atoms with E-state index >= 15 is 0 Å². The van der Waals surface area contributed by atoms with Crippen molar-refractivity contribution in [1.82, 2.24) is 4.90 Å². The number of likely N-dealkylation sites (N-methyl/N-ethyl adjacent to an activating group) is 1. The molecule has 4 heteroatoms. The van der Waals surface area contributed by atoms with E-state index in [2.05, 4.69) is 42.3 Å². The van der Waals surface area contributed by atoms with E-state index in [9.17, 15) is 0 Å². The summed E-state index contributed by atoms with van der Waals surface area (Å²) < 4.78 is 11.8. The Morgan fingerprint density at radius 2 is 1.61 bits per heavy atom. The zero-order valence-electron chi connectivity index (χ0n) is 13.6. The van der Waals surface area contributed by atoms with Gasteiger partial charge >= 0.3 is 0 Å². The summed E-state index contributed by atoms with van der Waals surface area (Å²) in [6.07, 6.45) is 1.20. The fourth-order valence-electron chi connectivity index (χ4n) is 3.13. The molecule has 1 saturated heterocycles. The second-order valence-corrected chi connectivity index (χ2v) is 5.88. The van der Waals surface area contributed by atoms with Gasteiger partial charge in [0.05, 0.1) is 7.11 Å². The summed E-state index contributed by atoms with van der Waals surface area (Å²) in [5, 5.41) is 0. The Kier molecular flexibility index (Phi) is 6.31. The number of likely N-dealkylation sites (tertiary alicyclic amines) is 1. The zero-order chi connectivity index (χ0) is 15.4. The van der Waals surface area contributed by atoms with Gasteiger partial charge in [-0.2, -0.15) is 0 Å². The van der Waals surface area contributed by atoms with E-state index < -0.39 is 0 Å². The molecule has 1 aliphatic heterocycles. The Morgan fingerprint density at radius 1 is 0.957 bits per heavy atom. The number of nitrogens with zero attached hydrogens (tertiary/aromatic N) is 1. The number of rotatable bonds is 4. The highest BCUT2D eigenvalue weighted by Crippen LogP contribution is 2.34. The van der Waals surface area contributed by atoms with E-state index in [0.717, 1.165) is 31.0 Å². The molecule has 2 unspecified atom stereocenters. The SMILES string of the molecule is COc1ccccc1OC1CCN(C)CC1c1ccccc1.Cl. The lowest BCUT2D eigenvalue weighted by Gasteiger charge is -2.37. The van der Waals surface area contributed by atoms with Crippen LogP contribution in [0.25, 0.3) is 0 Å². The molecule has 0 aliphatic carbocycles. The van der Waals surface area contributed by atoms with Crippen LogP contribution in [0.5, 0.6) is 11.5 Å². The average molecular weight is 334 g/mol. The van der Waals surface area contributed by atoms with Crippen LogP contribution in [-0.4, -0.2) is 38.3 Å². The predicted octanol–water partition coefficient (Wildman–Crippen LogP) is 3.98. The number of halogens is 1. The molecule has 124 valence electrons. The number of hydrogen-bond acceptors (Lipinski definition) is 3. The summed E-state index contributed by atoms with van der Waals surface area (Å²) in [6.45, 7) is 2.08. The van der Waals surface area contributed by atoms with E-state index in [1.807, 2.05) is 24.3 Å². The third-order valence-electron chi connectivity index (χ3n) is 4.33. The third kappa shape index (κ3) is 4.18. The third-order valence-corrected chi connectivity index (χ3v) is 4.33. The average Bonchev–Trinajstić information content (AvgIpc) is 2.58. The topological polar surface area (TPSA) is 21.7 Å². The van der Waals surface area contributed by atoms with Gasteiger partial charge in [-0.05, 0) is 31.2 Å². The molecule has 2 aromatic rings. The largest absolute Gasteiger partial charge is 0.493 e. The van der Waals surface area contributed by atoms with Crippen molar-refractivity contribution in [2.24, 2.45) is 0 Å². The van der Waals surface area contributed by atoms with Crippen molar-refractivity contribution >= 4 is 12.4 Å². The molecule has 2 aromatic carbocycles. The highest BCUT2D eigenvalue weighted by Gasteiger charge is 2.31. The highest BCUT2D eigenvalue weighted by molar-refractivity contribution is 5.85. The zero-order valence-corrected chi connectivity index (χ0v) is 14.5. The maximum atomic E-state index is 6.34. The lowest BCUT2D eigenvalue weighted by atomic mass is 9.88. The van der Waals surface area contributed by atoms with Crippen LogP contribution in [0.4, 0.5) is 0 Å². The Hall–Kier alpha value is -1.71. The van der Waals surface area contributed by atoms with Gasteiger partial charge in [0.1, 0.15) is 6.10 Å². The summed E-state index contributed by atoms with van der Waals surface area (Å²) in [6, 6.07) is 18.5. The molecule has 1 heterocycles. The van der Waals surface area contributed by atoms with Crippen molar-refractivity contribution in [2.75, 3.05) is 27.2 Å². The molecule has 0 spiro atoms. The molecule has 1 aliphatic rings. The number of hydrogen-bond donors (Lipinski definition) is 0. The maximum Gasteiger partial charge on any atom is 0.161 e. The van der Waals surface area contributed by atoms with Crippen LogP contribution in [0.15, 0.2) is 54.6 Å². The Morgan fingerprint density at radius 3 is 2.30 bits per heavy atom. The number of piperidine rings is 1. The van der Waals surface area contributed by atoms with Crippen molar-refractivity contribution in [3.05, 3.63) is 60.2 Å². The lowest BCUT2D eigenvalue weighted by molar-refractivity contribution is 0.0876. The first-order valence-electron chi connectivity index (χ1n) is 7.81. The number of ether oxygens (including phenoxy) is 2. The molecule has 0 N–H and O–H groups in total. The Bertz CT molecular complexity index is 605. The molecule has 0 saturated carbocycles. The van der Waals surface area contributed by atoms with Crippen molar-refractivity contribution in [2.45, 2.75) is 18.4 Å². The minimum Gasteiger partial charge on any atom is -0.493 e. The van der Waals surface area contributed by atoms with E-state index in [0.29, 0.717) is 5.92 Å². The predicted molar refractivity (Wildman–Crippen MR) is 96.0 cm³/mol. The molecule has 0 bridgehead atoms. The Balaban J connectivity index is 0.00000192. The summed E-state index contributed by atoms with van der Waals surface area (Å²) >= 11 is 0. The first-order chi connectivity index (χ1) is 10.8. The van der Waals surface area contributed by atoms with Crippen molar-refractivity contribution in [3.8, 4) is 11.5 Å². The summed E-state index contributed by atoms with van der Waals surface area (Å²) in [7, 11) is 3.86. The van der Waals surface area contributed by atoms with Crippen LogP contribution >= 0.6 is 12.4 Å². The van der Waals surface area contributed by atoms with Crippen molar-refractivity contribution in [3.63, 3.8) is 0 Å². The van der Waals surface area contributed by atoms with Crippen LogP contribution < -0.4 is 9.47 Å². The summed E-state index contributed by atoms with van der Waals surface area (Å²) in [5.41, 5.74) is 1.34. The number of methoxy groups -OCH3 is 1. The van der Waals surface area contributed by atoms with E-state index in [4.69, 9.17) is 9.47 Å². The minimum atomic E-state index is 0. The van der Waals surface area contributed by atoms with Gasteiger partial charge in [0.15, 0.2) is 11.5 Å². The van der Waals surface area contributed by atoms with Gasteiger partial charge in [0.2, 0.25) is 0 Å². The summed E-state index contributed by atoms with van der Waals surface area (Å²) in [4.78, 5) is 2.37. The first-order valence-corrected chi connectivity index (χ1v) is 7.81.